The van der Waals surface area contributed by atoms with Gasteiger partial charge in [0.25, 0.3) is 0 Å². The fourth-order valence-electron chi connectivity index (χ4n) is 2.33. The summed E-state index contributed by atoms with van der Waals surface area (Å²) in [6.07, 6.45) is 1.86. The molecule has 1 unspecified atom stereocenters. The van der Waals surface area contributed by atoms with Crippen LogP contribution in [-0.2, 0) is 6.54 Å². The molecule has 0 aliphatic carbocycles. The normalized spacial score (nSPS) is 13.4. The highest BCUT2D eigenvalue weighted by atomic mass is 16.3. The van der Waals surface area contributed by atoms with Crippen LogP contribution < -0.4 is 5.32 Å². The molecule has 104 valence electrons. The Morgan fingerprint density at radius 3 is 2.58 bits per heavy atom. The maximum atomic E-state index is 9.45. The number of hydrogen-bond donors (Lipinski definition) is 2. The average Bonchev–Trinajstić information content (AvgIpc) is 2.71. The van der Waals surface area contributed by atoms with Crippen molar-refractivity contribution < 1.29 is 5.11 Å². The van der Waals surface area contributed by atoms with E-state index in [-0.39, 0.29) is 12.6 Å². The molecule has 0 bridgehead atoms. The Hall–Kier alpha value is -1.39. The van der Waals surface area contributed by atoms with Gasteiger partial charge in [0.2, 0.25) is 0 Å². The molecule has 0 spiro atoms. The smallest absolute Gasteiger partial charge is 0.0958 e. The van der Waals surface area contributed by atoms with E-state index in [0.717, 1.165) is 17.6 Å². The molecule has 0 saturated carbocycles. The van der Waals surface area contributed by atoms with Crippen LogP contribution in [0.5, 0.6) is 0 Å². The van der Waals surface area contributed by atoms with Crippen molar-refractivity contribution in [3.05, 3.63) is 29.6 Å². The van der Waals surface area contributed by atoms with Crippen LogP contribution in [0.25, 0.3) is 11.0 Å². The highest BCUT2D eigenvalue weighted by Crippen LogP contribution is 2.18. The molecule has 0 radical (unpaired) electrons. The molecule has 1 heterocycles. The number of aliphatic hydroxyl groups excluding tert-OH is 1. The zero-order valence-corrected chi connectivity index (χ0v) is 12.1. The monoisotopic (exact) mass is 261 g/mol. The van der Waals surface area contributed by atoms with Gasteiger partial charge in [-0.1, -0.05) is 13.8 Å². The molecule has 0 amide bonds. The summed E-state index contributed by atoms with van der Waals surface area (Å²) in [4.78, 5) is 4.44. The van der Waals surface area contributed by atoms with Crippen molar-refractivity contribution in [2.45, 2.75) is 46.3 Å². The molecule has 1 aromatic carbocycles. The third kappa shape index (κ3) is 3.14. The van der Waals surface area contributed by atoms with Crippen molar-refractivity contribution in [1.82, 2.24) is 14.9 Å². The number of aliphatic hydroxyl groups is 1. The zero-order chi connectivity index (χ0) is 14.0. The quantitative estimate of drug-likeness (QED) is 0.865. The van der Waals surface area contributed by atoms with Crippen molar-refractivity contribution in [1.29, 1.82) is 0 Å². The van der Waals surface area contributed by atoms with Crippen LogP contribution in [0, 0.1) is 13.8 Å². The van der Waals surface area contributed by atoms with E-state index in [1.54, 1.807) is 0 Å². The van der Waals surface area contributed by atoms with Gasteiger partial charge < -0.3 is 15.0 Å². The molecule has 2 aromatic rings. The highest BCUT2D eigenvalue weighted by molar-refractivity contribution is 5.77. The summed E-state index contributed by atoms with van der Waals surface area (Å²) in [7, 11) is 0. The Balaban J connectivity index is 2.27. The lowest BCUT2D eigenvalue weighted by Gasteiger charge is -2.20. The van der Waals surface area contributed by atoms with Crippen LogP contribution in [0.2, 0.25) is 0 Å². The molecule has 2 rings (SSSR count). The van der Waals surface area contributed by atoms with E-state index in [2.05, 4.69) is 54.7 Å². The first-order valence-electron chi connectivity index (χ1n) is 6.80. The summed E-state index contributed by atoms with van der Waals surface area (Å²) in [5.41, 5.74) is 4.68. The number of fused-ring (bicyclic) bond motifs is 1. The lowest BCUT2D eigenvalue weighted by Crippen LogP contribution is -2.40. The highest BCUT2D eigenvalue weighted by Gasteiger charge is 2.12. The number of aromatic nitrogens is 2. The van der Waals surface area contributed by atoms with Crippen LogP contribution in [0.1, 0.15) is 25.0 Å². The lowest BCUT2D eigenvalue weighted by molar-refractivity contribution is 0.222. The van der Waals surface area contributed by atoms with Crippen molar-refractivity contribution in [2.24, 2.45) is 0 Å². The van der Waals surface area contributed by atoms with Gasteiger partial charge in [-0.3, -0.25) is 0 Å². The molecule has 2 N–H and O–H groups in total. The second kappa shape index (κ2) is 5.72. The van der Waals surface area contributed by atoms with Gasteiger partial charge in [0.1, 0.15) is 0 Å². The van der Waals surface area contributed by atoms with Crippen LogP contribution in [-0.4, -0.2) is 33.3 Å². The third-order valence-electron chi connectivity index (χ3n) is 3.44. The minimum absolute atomic E-state index is 0.0546. The second-order valence-electron chi connectivity index (χ2n) is 5.52. The zero-order valence-electron chi connectivity index (χ0n) is 12.1. The minimum Gasteiger partial charge on any atom is -0.395 e. The van der Waals surface area contributed by atoms with E-state index >= 15 is 0 Å². The van der Waals surface area contributed by atoms with Crippen molar-refractivity contribution in [3.8, 4) is 0 Å². The van der Waals surface area contributed by atoms with E-state index in [0.29, 0.717) is 6.04 Å². The Morgan fingerprint density at radius 1 is 1.26 bits per heavy atom. The summed E-state index contributed by atoms with van der Waals surface area (Å²) in [6.45, 7) is 9.24. The summed E-state index contributed by atoms with van der Waals surface area (Å²) in [5.74, 6) is 0. The van der Waals surface area contributed by atoms with Crippen LogP contribution in [0.3, 0.4) is 0 Å². The number of imidazole rings is 1. The molecule has 1 aromatic heterocycles. The largest absolute Gasteiger partial charge is 0.395 e. The van der Waals surface area contributed by atoms with Crippen molar-refractivity contribution >= 4 is 11.0 Å². The minimum atomic E-state index is 0.0546. The molecule has 0 aliphatic rings. The number of hydrogen-bond acceptors (Lipinski definition) is 3. The molecule has 0 saturated heterocycles. The Labute approximate surface area is 114 Å². The Morgan fingerprint density at radius 2 is 1.95 bits per heavy atom. The van der Waals surface area contributed by atoms with Crippen LogP contribution >= 0.6 is 0 Å². The predicted octanol–water partition coefficient (Wildman–Crippen LogP) is 2.01. The molecule has 0 fully saturated rings. The Kier molecular flexibility index (Phi) is 4.22. The number of nitrogens with zero attached hydrogens (tertiary/aromatic N) is 2. The number of benzene rings is 1. The third-order valence-corrected chi connectivity index (χ3v) is 3.44. The first kappa shape index (κ1) is 14.0. The van der Waals surface area contributed by atoms with Crippen LogP contribution in [0.15, 0.2) is 18.5 Å². The van der Waals surface area contributed by atoms with Gasteiger partial charge in [0, 0.05) is 18.6 Å². The topological polar surface area (TPSA) is 50.1 Å². The van der Waals surface area contributed by atoms with Gasteiger partial charge in [0.05, 0.1) is 24.0 Å². The Bertz CT molecular complexity index is 560. The summed E-state index contributed by atoms with van der Waals surface area (Å²) in [5, 5.41) is 12.8. The summed E-state index contributed by atoms with van der Waals surface area (Å²) >= 11 is 0. The van der Waals surface area contributed by atoms with Crippen molar-refractivity contribution in [3.63, 3.8) is 0 Å². The molecule has 19 heavy (non-hydrogen) atoms. The van der Waals surface area contributed by atoms with Crippen LogP contribution in [0.4, 0.5) is 0 Å². The molecule has 0 aliphatic heterocycles. The van der Waals surface area contributed by atoms with E-state index in [4.69, 9.17) is 0 Å². The summed E-state index contributed by atoms with van der Waals surface area (Å²) < 4.78 is 2.11. The van der Waals surface area contributed by atoms with Gasteiger partial charge >= 0.3 is 0 Å². The van der Waals surface area contributed by atoms with Crippen molar-refractivity contribution in [2.75, 3.05) is 6.61 Å². The fourth-order valence-corrected chi connectivity index (χ4v) is 2.33. The molecular weight excluding hydrogens is 238 g/mol. The van der Waals surface area contributed by atoms with E-state index in [1.165, 1.54) is 11.1 Å². The van der Waals surface area contributed by atoms with Gasteiger partial charge in [-0.15, -0.1) is 0 Å². The van der Waals surface area contributed by atoms with E-state index in [1.807, 2.05) is 6.33 Å². The van der Waals surface area contributed by atoms with Gasteiger partial charge in [-0.25, -0.2) is 4.98 Å². The average molecular weight is 261 g/mol. The predicted molar refractivity (Wildman–Crippen MR) is 78.4 cm³/mol. The number of aryl methyl sites for hydroxylation is 2. The van der Waals surface area contributed by atoms with E-state index in [9.17, 15) is 5.11 Å². The number of rotatable bonds is 5. The standard InChI is InChI=1S/C15H23N3O/c1-10(2)17-13(8-19)7-18-9-16-14-5-11(3)12(4)6-15(14)18/h5-6,9-10,13,17,19H,7-8H2,1-4H3. The molecule has 1 atom stereocenters. The second-order valence-corrected chi connectivity index (χ2v) is 5.52. The van der Waals surface area contributed by atoms with E-state index < -0.39 is 0 Å². The molecule has 4 heteroatoms. The SMILES string of the molecule is Cc1cc2ncn(CC(CO)NC(C)C)c2cc1C. The maximum absolute atomic E-state index is 9.45. The molecule has 4 nitrogen and oxygen atoms in total. The number of nitrogens with one attached hydrogen (secondary N) is 1. The van der Waals surface area contributed by atoms with Gasteiger partial charge in [-0.05, 0) is 37.1 Å². The lowest BCUT2D eigenvalue weighted by atomic mass is 10.1. The molecular formula is C15H23N3O. The van der Waals surface area contributed by atoms with Gasteiger partial charge in [-0.2, -0.15) is 0 Å². The first-order valence-corrected chi connectivity index (χ1v) is 6.80. The van der Waals surface area contributed by atoms with Gasteiger partial charge in [0.15, 0.2) is 0 Å². The maximum Gasteiger partial charge on any atom is 0.0958 e. The summed E-state index contributed by atoms with van der Waals surface area (Å²) in [6, 6.07) is 4.70. The first-order chi connectivity index (χ1) is 9.01. The fraction of sp³-hybridized carbons (Fsp3) is 0.533.